The van der Waals surface area contributed by atoms with Crippen LogP contribution in [-0.2, 0) is 20.9 Å². The Kier molecular flexibility index (Phi) is 3.71. The van der Waals surface area contributed by atoms with Gasteiger partial charge in [-0.2, -0.15) is 8.42 Å². The average Bonchev–Trinajstić information content (AvgIpc) is 2.82. The van der Waals surface area contributed by atoms with E-state index in [0.29, 0.717) is 23.5 Å². The predicted octanol–water partition coefficient (Wildman–Crippen LogP) is 2.84. The summed E-state index contributed by atoms with van der Waals surface area (Å²) in [6.45, 7) is 2.18. The molecule has 0 radical (unpaired) electrons. The zero-order valence-electron chi connectivity index (χ0n) is 13.9. The van der Waals surface area contributed by atoms with E-state index in [0.717, 1.165) is 38.5 Å². The third-order valence-corrected chi connectivity index (χ3v) is 7.37. The average molecular weight is 351 g/mol. The molecule has 0 amide bonds. The maximum Gasteiger partial charge on any atom is 0.333 e. The van der Waals surface area contributed by atoms with Crippen LogP contribution in [-0.4, -0.2) is 19.6 Å². The number of nitrogens with two attached hydrogens (primary N) is 1. The van der Waals surface area contributed by atoms with E-state index in [4.69, 9.17) is 9.32 Å². The molecule has 4 rings (SSSR count). The maximum absolute atomic E-state index is 11.4. The fourth-order valence-corrected chi connectivity index (χ4v) is 6.48. The van der Waals surface area contributed by atoms with Crippen LogP contribution in [0.3, 0.4) is 0 Å². The van der Waals surface area contributed by atoms with E-state index >= 15 is 0 Å². The highest BCUT2D eigenvalue weighted by Gasteiger charge is 2.56. The van der Waals surface area contributed by atoms with E-state index in [1.165, 1.54) is 11.1 Å². The molecule has 0 heterocycles. The third-order valence-electron chi connectivity index (χ3n) is 6.87. The lowest BCUT2D eigenvalue weighted by Crippen LogP contribution is -2.45. The molecule has 3 aliphatic rings. The minimum Gasteiger partial charge on any atom is -0.508 e. The van der Waals surface area contributed by atoms with Crippen molar-refractivity contribution >= 4 is 10.3 Å². The lowest BCUT2D eigenvalue weighted by atomic mass is 9.55. The van der Waals surface area contributed by atoms with E-state index < -0.39 is 10.3 Å². The number of rotatable bonds is 2. The minimum atomic E-state index is -3.91. The molecule has 6 heteroatoms. The molecule has 132 valence electrons. The number of fused-ring (bicyclic) bond motifs is 5. The van der Waals surface area contributed by atoms with Gasteiger partial charge in [0.05, 0.1) is 6.10 Å². The fraction of sp³-hybridized carbons (Fsp3) is 0.667. The van der Waals surface area contributed by atoms with Crippen molar-refractivity contribution in [3.8, 4) is 5.75 Å². The Morgan fingerprint density at radius 2 is 2.04 bits per heavy atom. The van der Waals surface area contributed by atoms with Gasteiger partial charge < -0.3 is 5.11 Å². The van der Waals surface area contributed by atoms with E-state index in [2.05, 4.69) is 13.0 Å². The van der Waals surface area contributed by atoms with Crippen molar-refractivity contribution in [3.63, 3.8) is 0 Å². The van der Waals surface area contributed by atoms with Crippen LogP contribution in [0.2, 0.25) is 0 Å². The first-order valence-electron chi connectivity index (χ1n) is 8.81. The van der Waals surface area contributed by atoms with Gasteiger partial charge in [-0.3, -0.25) is 4.18 Å². The SMILES string of the molecule is CC12CCC3c4ccc(O)cc4CCC3C1CCC2OS(N)(=O)=O. The number of hydrogen-bond acceptors (Lipinski definition) is 4. The second kappa shape index (κ2) is 5.44. The predicted molar refractivity (Wildman–Crippen MR) is 90.7 cm³/mol. The number of phenolic OH excluding ortho intramolecular Hbond substituents is 1. The number of benzene rings is 1. The van der Waals surface area contributed by atoms with Crippen molar-refractivity contribution in [2.45, 2.75) is 57.5 Å². The molecule has 24 heavy (non-hydrogen) atoms. The summed E-state index contributed by atoms with van der Waals surface area (Å²) in [4.78, 5) is 0. The molecule has 0 spiro atoms. The zero-order chi connectivity index (χ0) is 17.1. The molecular weight excluding hydrogens is 326 g/mol. The first-order chi connectivity index (χ1) is 11.3. The lowest BCUT2D eigenvalue weighted by Gasteiger charge is -2.50. The van der Waals surface area contributed by atoms with Crippen LogP contribution in [0.1, 0.15) is 56.1 Å². The van der Waals surface area contributed by atoms with Crippen molar-refractivity contribution in [2.75, 3.05) is 0 Å². The van der Waals surface area contributed by atoms with Crippen molar-refractivity contribution in [1.82, 2.24) is 0 Å². The van der Waals surface area contributed by atoms with Gasteiger partial charge in [0.1, 0.15) is 5.75 Å². The first-order valence-corrected chi connectivity index (χ1v) is 10.3. The van der Waals surface area contributed by atoms with E-state index in [9.17, 15) is 13.5 Å². The van der Waals surface area contributed by atoms with Crippen LogP contribution in [0.15, 0.2) is 18.2 Å². The van der Waals surface area contributed by atoms with E-state index in [1.54, 1.807) is 6.07 Å². The van der Waals surface area contributed by atoms with Crippen LogP contribution < -0.4 is 5.14 Å². The molecule has 0 bridgehead atoms. The molecule has 1 aromatic carbocycles. The topological polar surface area (TPSA) is 89.6 Å². The van der Waals surface area contributed by atoms with Crippen LogP contribution in [0, 0.1) is 17.3 Å². The Balaban J connectivity index is 1.63. The van der Waals surface area contributed by atoms with Crippen LogP contribution in [0.5, 0.6) is 5.75 Å². The van der Waals surface area contributed by atoms with E-state index in [1.807, 2.05) is 6.07 Å². The fourth-order valence-electron chi connectivity index (χ4n) is 5.84. The van der Waals surface area contributed by atoms with Crippen molar-refractivity contribution in [1.29, 1.82) is 0 Å². The molecule has 0 aliphatic heterocycles. The quantitative estimate of drug-likeness (QED) is 0.857. The summed E-state index contributed by atoms with van der Waals surface area (Å²) in [5.41, 5.74) is 2.54. The molecule has 3 aliphatic carbocycles. The molecule has 0 saturated heterocycles. The first kappa shape index (κ1) is 16.4. The summed E-state index contributed by atoms with van der Waals surface area (Å²) >= 11 is 0. The smallest absolute Gasteiger partial charge is 0.333 e. The molecule has 5 unspecified atom stereocenters. The van der Waals surface area contributed by atoms with Gasteiger partial charge in [0.15, 0.2) is 0 Å². The highest BCUT2D eigenvalue weighted by atomic mass is 32.2. The molecule has 2 saturated carbocycles. The monoisotopic (exact) mass is 351 g/mol. The Morgan fingerprint density at radius 1 is 1.25 bits per heavy atom. The maximum atomic E-state index is 11.4. The molecule has 2 fully saturated rings. The number of hydrogen-bond donors (Lipinski definition) is 2. The Hall–Kier alpha value is -1.11. The summed E-state index contributed by atoms with van der Waals surface area (Å²) in [5, 5.41) is 14.9. The normalized spacial score (nSPS) is 38.2. The number of aromatic hydroxyl groups is 1. The highest BCUT2D eigenvalue weighted by molar-refractivity contribution is 7.84. The van der Waals surface area contributed by atoms with Gasteiger partial charge in [-0.1, -0.05) is 13.0 Å². The van der Waals surface area contributed by atoms with Crippen LogP contribution >= 0.6 is 0 Å². The van der Waals surface area contributed by atoms with Gasteiger partial charge in [-0.25, -0.2) is 5.14 Å². The molecule has 0 aromatic heterocycles. The Labute approximate surface area is 143 Å². The Morgan fingerprint density at radius 3 is 2.79 bits per heavy atom. The number of aryl methyl sites for hydroxylation is 1. The van der Waals surface area contributed by atoms with Crippen LogP contribution in [0.25, 0.3) is 0 Å². The van der Waals surface area contributed by atoms with Gasteiger partial charge in [-0.05, 0) is 85.0 Å². The minimum absolute atomic E-state index is 0.109. The lowest BCUT2D eigenvalue weighted by molar-refractivity contribution is -0.00802. The van der Waals surface area contributed by atoms with Gasteiger partial charge in [0.2, 0.25) is 0 Å². The standard InChI is InChI=1S/C18H25NO4S/c1-18-9-8-14-13-5-3-12(20)10-11(13)2-4-15(14)16(18)6-7-17(18)23-24(19,21)22/h3,5,10,14-17,20H,2,4,6-9H2,1H3,(H2,19,21,22). The van der Waals surface area contributed by atoms with Gasteiger partial charge in [0.25, 0.3) is 0 Å². The molecule has 5 nitrogen and oxygen atoms in total. The van der Waals surface area contributed by atoms with Gasteiger partial charge >= 0.3 is 10.3 Å². The second-order valence-corrected chi connectivity index (χ2v) is 9.18. The third kappa shape index (κ3) is 2.55. The van der Waals surface area contributed by atoms with Crippen molar-refractivity contribution in [2.24, 2.45) is 22.4 Å². The Bertz CT molecular complexity index is 762. The summed E-state index contributed by atoms with van der Waals surface area (Å²) < 4.78 is 28.1. The summed E-state index contributed by atoms with van der Waals surface area (Å²) in [7, 11) is -3.91. The van der Waals surface area contributed by atoms with Gasteiger partial charge in [0, 0.05) is 0 Å². The summed E-state index contributed by atoms with van der Waals surface area (Å²) in [5.74, 6) is 1.90. The number of phenols is 1. The zero-order valence-corrected chi connectivity index (χ0v) is 14.8. The summed E-state index contributed by atoms with van der Waals surface area (Å²) in [6, 6.07) is 5.77. The largest absolute Gasteiger partial charge is 0.508 e. The highest BCUT2D eigenvalue weighted by Crippen LogP contribution is 2.61. The van der Waals surface area contributed by atoms with Gasteiger partial charge in [-0.15, -0.1) is 0 Å². The van der Waals surface area contributed by atoms with Crippen LogP contribution in [0.4, 0.5) is 0 Å². The summed E-state index contributed by atoms with van der Waals surface area (Å²) in [6.07, 6.45) is 5.56. The van der Waals surface area contributed by atoms with E-state index in [-0.39, 0.29) is 11.5 Å². The van der Waals surface area contributed by atoms with Crippen molar-refractivity contribution in [3.05, 3.63) is 29.3 Å². The molecule has 1 aromatic rings. The molecule has 5 atom stereocenters. The second-order valence-electron chi connectivity index (χ2n) is 8.00. The molecule has 3 N–H and O–H groups in total. The molecular formula is C18H25NO4S. The van der Waals surface area contributed by atoms with Crippen molar-refractivity contribution < 1.29 is 17.7 Å².